The zero-order valence-corrected chi connectivity index (χ0v) is 6.97. The van der Waals surface area contributed by atoms with Crippen LogP contribution in [0, 0.1) is 0 Å². The first kappa shape index (κ1) is 8.81. The van der Waals surface area contributed by atoms with Gasteiger partial charge in [0.15, 0.2) is 12.2 Å². The summed E-state index contributed by atoms with van der Waals surface area (Å²) in [5.41, 5.74) is 0. The lowest BCUT2D eigenvalue weighted by molar-refractivity contribution is -0.157. The van der Waals surface area contributed by atoms with Gasteiger partial charge in [-0.05, 0) is 19.3 Å². The Bertz CT molecular complexity index is 132. The van der Waals surface area contributed by atoms with Crippen molar-refractivity contribution in [3.63, 3.8) is 0 Å². The van der Waals surface area contributed by atoms with Crippen molar-refractivity contribution in [3.05, 3.63) is 0 Å². The quantitative estimate of drug-likeness (QED) is 0.472. The average Bonchev–Trinajstić information content (AvgIpc) is 2.07. The second-order valence-corrected chi connectivity index (χ2v) is 2.65. The van der Waals surface area contributed by atoms with Gasteiger partial charge >= 0.3 is 5.97 Å². The van der Waals surface area contributed by atoms with Gasteiger partial charge in [-0.15, -0.1) is 0 Å². The van der Waals surface area contributed by atoms with E-state index in [-0.39, 0.29) is 18.1 Å². The molecule has 3 nitrogen and oxygen atoms in total. The summed E-state index contributed by atoms with van der Waals surface area (Å²) in [7, 11) is 0. The van der Waals surface area contributed by atoms with Crippen LogP contribution in [-0.2, 0) is 14.3 Å². The van der Waals surface area contributed by atoms with E-state index < -0.39 is 0 Å². The van der Waals surface area contributed by atoms with Gasteiger partial charge in [0, 0.05) is 6.61 Å². The number of halogens is 1. The molecule has 0 saturated carbocycles. The predicted octanol–water partition coefficient (Wildman–Crippen LogP) is 1.29. The predicted molar refractivity (Wildman–Crippen MR) is 40.4 cm³/mol. The zero-order valence-electron chi connectivity index (χ0n) is 6.22. The third-order valence-corrected chi connectivity index (χ3v) is 1.75. The number of hydrogen-bond acceptors (Lipinski definition) is 3. The Morgan fingerprint density at radius 1 is 1.64 bits per heavy atom. The number of rotatable bonds is 2. The van der Waals surface area contributed by atoms with E-state index in [0.717, 1.165) is 19.3 Å². The minimum Gasteiger partial charge on any atom is -0.447 e. The molecule has 11 heavy (non-hydrogen) atoms. The minimum absolute atomic E-state index is 0.0846. The molecule has 0 bridgehead atoms. The van der Waals surface area contributed by atoms with Crippen molar-refractivity contribution < 1.29 is 14.3 Å². The van der Waals surface area contributed by atoms with Crippen LogP contribution in [-0.4, -0.2) is 24.7 Å². The Morgan fingerprint density at radius 2 is 2.45 bits per heavy atom. The first-order chi connectivity index (χ1) is 5.34. The number of esters is 1. The van der Waals surface area contributed by atoms with E-state index >= 15 is 0 Å². The molecule has 1 aliphatic heterocycles. The highest BCUT2D eigenvalue weighted by Gasteiger charge is 2.22. The molecular formula is C7H11ClO3. The van der Waals surface area contributed by atoms with Crippen molar-refractivity contribution in [1.82, 2.24) is 0 Å². The molecule has 1 saturated heterocycles. The molecule has 0 aromatic carbocycles. The normalized spacial score (nSPS) is 24.6. The van der Waals surface area contributed by atoms with Crippen LogP contribution in [0.25, 0.3) is 0 Å². The Labute approximate surface area is 70.6 Å². The molecule has 0 radical (unpaired) electrons. The number of ether oxygens (including phenoxy) is 2. The number of carbonyl (C=O) groups is 1. The Kier molecular flexibility index (Phi) is 3.66. The topological polar surface area (TPSA) is 35.5 Å². The van der Waals surface area contributed by atoms with Crippen molar-refractivity contribution in [2.45, 2.75) is 25.4 Å². The summed E-state index contributed by atoms with van der Waals surface area (Å²) in [5.74, 6) is -0.334. The summed E-state index contributed by atoms with van der Waals surface area (Å²) in [6.45, 7) is 0.655. The number of hydrogen-bond donors (Lipinski definition) is 0. The van der Waals surface area contributed by atoms with E-state index in [2.05, 4.69) is 4.74 Å². The molecule has 0 aliphatic carbocycles. The van der Waals surface area contributed by atoms with Gasteiger partial charge in [-0.3, -0.25) is 0 Å². The van der Waals surface area contributed by atoms with Gasteiger partial charge in [-0.25, -0.2) is 4.79 Å². The van der Waals surface area contributed by atoms with E-state index in [0.29, 0.717) is 6.61 Å². The van der Waals surface area contributed by atoms with Gasteiger partial charge in [0.25, 0.3) is 0 Å². The smallest absolute Gasteiger partial charge is 0.336 e. The van der Waals surface area contributed by atoms with E-state index in [1.807, 2.05) is 0 Å². The fourth-order valence-electron chi connectivity index (χ4n) is 1.07. The Hall–Kier alpha value is -0.280. The molecule has 1 aliphatic rings. The van der Waals surface area contributed by atoms with Crippen LogP contribution < -0.4 is 0 Å². The van der Waals surface area contributed by atoms with Crippen molar-refractivity contribution in [1.29, 1.82) is 0 Å². The van der Waals surface area contributed by atoms with Gasteiger partial charge in [0.1, 0.15) is 0 Å². The van der Waals surface area contributed by atoms with Crippen molar-refractivity contribution in [3.8, 4) is 0 Å². The fourth-order valence-corrected chi connectivity index (χ4v) is 1.18. The molecule has 1 fully saturated rings. The van der Waals surface area contributed by atoms with E-state index in [1.54, 1.807) is 0 Å². The minimum atomic E-state index is -0.373. The maximum atomic E-state index is 11.0. The molecule has 1 heterocycles. The largest absolute Gasteiger partial charge is 0.447 e. The number of alkyl halides is 1. The summed E-state index contributed by atoms with van der Waals surface area (Å²) < 4.78 is 9.74. The fraction of sp³-hybridized carbons (Fsp3) is 0.857. The van der Waals surface area contributed by atoms with Crippen LogP contribution in [0.15, 0.2) is 0 Å². The average molecular weight is 179 g/mol. The summed E-state index contributed by atoms with van der Waals surface area (Å²) in [6, 6.07) is -0.0846. The van der Waals surface area contributed by atoms with Gasteiger partial charge in [0.05, 0.1) is 0 Å². The first-order valence-corrected chi connectivity index (χ1v) is 4.22. The van der Waals surface area contributed by atoms with Gasteiger partial charge in [-0.2, -0.15) is 0 Å². The van der Waals surface area contributed by atoms with E-state index in [4.69, 9.17) is 16.3 Å². The van der Waals surface area contributed by atoms with Crippen LogP contribution in [0.2, 0.25) is 0 Å². The lowest BCUT2D eigenvalue weighted by atomic mass is 10.1. The summed E-state index contributed by atoms with van der Waals surface area (Å²) >= 11 is 5.22. The molecule has 0 amide bonds. The van der Waals surface area contributed by atoms with Crippen LogP contribution >= 0.6 is 11.6 Å². The molecule has 1 unspecified atom stereocenters. The molecule has 0 aromatic rings. The highest BCUT2D eigenvalue weighted by atomic mass is 35.5. The molecular weight excluding hydrogens is 168 g/mol. The zero-order chi connectivity index (χ0) is 8.10. The van der Waals surface area contributed by atoms with Crippen LogP contribution in [0.3, 0.4) is 0 Å². The van der Waals surface area contributed by atoms with Gasteiger partial charge in [0.2, 0.25) is 0 Å². The molecule has 4 heteroatoms. The first-order valence-electron chi connectivity index (χ1n) is 3.69. The lowest BCUT2D eigenvalue weighted by Gasteiger charge is -2.19. The summed E-state index contributed by atoms with van der Waals surface area (Å²) in [5, 5.41) is 0. The maximum Gasteiger partial charge on any atom is 0.336 e. The summed E-state index contributed by atoms with van der Waals surface area (Å²) in [6.07, 6.45) is 2.45. The van der Waals surface area contributed by atoms with Crippen molar-refractivity contribution in [2.24, 2.45) is 0 Å². The SMILES string of the molecule is O=C(OCCl)C1CCCCO1. The number of carbonyl (C=O) groups excluding carboxylic acids is 1. The van der Waals surface area contributed by atoms with Gasteiger partial charge < -0.3 is 9.47 Å². The molecule has 1 rings (SSSR count). The van der Waals surface area contributed by atoms with Crippen molar-refractivity contribution >= 4 is 17.6 Å². The Balaban J connectivity index is 2.27. The van der Waals surface area contributed by atoms with Crippen LogP contribution in [0.5, 0.6) is 0 Å². The lowest BCUT2D eigenvalue weighted by Crippen LogP contribution is -2.29. The van der Waals surface area contributed by atoms with E-state index in [1.165, 1.54) is 0 Å². The molecule has 1 atom stereocenters. The summed E-state index contributed by atoms with van der Waals surface area (Å²) in [4.78, 5) is 11.0. The van der Waals surface area contributed by atoms with Gasteiger partial charge in [-0.1, -0.05) is 11.6 Å². The third-order valence-electron chi connectivity index (χ3n) is 1.64. The molecule has 0 aromatic heterocycles. The molecule has 0 N–H and O–H groups in total. The van der Waals surface area contributed by atoms with Crippen LogP contribution in [0.1, 0.15) is 19.3 Å². The highest BCUT2D eigenvalue weighted by molar-refractivity contribution is 6.17. The third kappa shape index (κ3) is 2.67. The maximum absolute atomic E-state index is 11.0. The Morgan fingerprint density at radius 3 is 3.00 bits per heavy atom. The molecule has 64 valence electrons. The van der Waals surface area contributed by atoms with E-state index in [9.17, 15) is 4.79 Å². The standard InChI is InChI=1S/C7H11ClO3/c8-5-11-7(9)6-3-1-2-4-10-6/h6H,1-5H2. The van der Waals surface area contributed by atoms with Crippen molar-refractivity contribution in [2.75, 3.05) is 12.7 Å². The second-order valence-electron chi connectivity index (χ2n) is 2.43. The molecule has 0 spiro atoms. The second kappa shape index (κ2) is 4.57. The monoisotopic (exact) mass is 178 g/mol. The highest BCUT2D eigenvalue weighted by Crippen LogP contribution is 2.13. The van der Waals surface area contributed by atoms with Crippen LogP contribution in [0.4, 0.5) is 0 Å².